The molecule has 2 aliphatic rings. The van der Waals surface area contributed by atoms with E-state index in [-0.39, 0.29) is 16.7 Å². The average Bonchev–Trinajstić information content (AvgIpc) is 2.36. The molecule has 0 unspecified atom stereocenters. The zero-order valence-corrected chi connectivity index (χ0v) is 14.9. The van der Waals surface area contributed by atoms with Crippen LogP contribution in [0.2, 0.25) is 0 Å². The summed E-state index contributed by atoms with van der Waals surface area (Å²) in [6.45, 7) is 14.4. The zero-order chi connectivity index (χ0) is 16.8. The van der Waals surface area contributed by atoms with Crippen LogP contribution in [-0.4, -0.2) is 16.5 Å². The largest absolute Gasteiger partial charge is 0.386 e. The molecule has 0 bridgehead atoms. The maximum Gasteiger partial charge on any atom is 0.159 e. The third-order valence-electron chi connectivity index (χ3n) is 6.36. The molecule has 0 aromatic heterocycles. The number of hydrogen-bond donors (Lipinski definition) is 1. The first-order valence-electron chi connectivity index (χ1n) is 8.61. The standard InChI is InChI=1S/C20H32O2/c1-7-19(5,22)12-9-15-14(2)13-16(21)17-18(3,4)10-8-11-20(15,17)6/h7,13,15,17,22H,1,8-12H2,2-6H3/t15-,17+,19+,20+/m0/s1. The van der Waals surface area contributed by atoms with Gasteiger partial charge in [0.1, 0.15) is 0 Å². The number of fused-ring (bicyclic) bond motifs is 1. The van der Waals surface area contributed by atoms with Crippen LogP contribution in [0.25, 0.3) is 0 Å². The quantitative estimate of drug-likeness (QED) is 0.766. The third-order valence-corrected chi connectivity index (χ3v) is 6.36. The van der Waals surface area contributed by atoms with Crippen molar-refractivity contribution < 1.29 is 9.90 Å². The molecule has 0 aromatic carbocycles. The molecule has 4 atom stereocenters. The number of carbonyl (C=O) groups is 1. The van der Waals surface area contributed by atoms with E-state index in [2.05, 4.69) is 34.3 Å². The van der Waals surface area contributed by atoms with Gasteiger partial charge in [0.15, 0.2) is 5.78 Å². The van der Waals surface area contributed by atoms with E-state index < -0.39 is 5.60 Å². The first-order chi connectivity index (χ1) is 10.0. The number of hydrogen-bond acceptors (Lipinski definition) is 2. The van der Waals surface area contributed by atoms with Gasteiger partial charge < -0.3 is 5.11 Å². The predicted molar refractivity (Wildman–Crippen MR) is 91.5 cm³/mol. The molecule has 0 radical (unpaired) electrons. The van der Waals surface area contributed by atoms with Crippen molar-refractivity contribution in [3.8, 4) is 0 Å². The molecule has 0 heterocycles. The van der Waals surface area contributed by atoms with Crippen molar-refractivity contribution in [3.63, 3.8) is 0 Å². The van der Waals surface area contributed by atoms with Crippen molar-refractivity contribution in [1.82, 2.24) is 0 Å². The van der Waals surface area contributed by atoms with E-state index in [9.17, 15) is 9.90 Å². The molecule has 2 rings (SSSR count). The Morgan fingerprint density at radius 2 is 2.05 bits per heavy atom. The Morgan fingerprint density at radius 1 is 1.41 bits per heavy atom. The summed E-state index contributed by atoms with van der Waals surface area (Å²) in [5, 5.41) is 10.3. The summed E-state index contributed by atoms with van der Waals surface area (Å²) in [4.78, 5) is 12.7. The van der Waals surface area contributed by atoms with Gasteiger partial charge in [0.05, 0.1) is 5.60 Å². The zero-order valence-electron chi connectivity index (χ0n) is 14.9. The molecule has 0 aromatic rings. The van der Waals surface area contributed by atoms with E-state index in [1.54, 1.807) is 6.08 Å². The Balaban J connectivity index is 2.34. The fraction of sp³-hybridized carbons (Fsp3) is 0.750. The highest BCUT2D eigenvalue weighted by molar-refractivity contribution is 5.94. The molecular weight excluding hydrogens is 272 g/mol. The minimum Gasteiger partial charge on any atom is -0.386 e. The van der Waals surface area contributed by atoms with E-state index in [1.807, 2.05) is 13.0 Å². The normalized spacial score (nSPS) is 37.0. The van der Waals surface area contributed by atoms with Gasteiger partial charge >= 0.3 is 0 Å². The average molecular weight is 304 g/mol. The van der Waals surface area contributed by atoms with Gasteiger partial charge in [-0.1, -0.05) is 38.8 Å². The van der Waals surface area contributed by atoms with Crippen LogP contribution >= 0.6 is 0 Å². The maximum absolute atomic E-state index is 12.7. The molecule has 1 N–H and O–H groups in total. The lowest BCUT2D eigenvalue weighted by atomic mass is 9.47. The van der Waals surface area contributed by atoms with Gasteiger partial charge in [-0.25, -0.2) is 0 Å². The molecule has 0 amide bonds. The van der Waals surface area contributed by atoms with Gasteiger partial charge in [-0.2, -0.15) is 0 Å². The Morgan fingerprint density at radius 3 is 2.64 bits per heavy atom. The second-order valence-electron chi connectivity index (χ2n) is 8.72. The highest BCUT2D eigenvalue weighted by Gasteiger charge is 2.55. The molecule has 22 heavy (non-hydrogen) atoms. The molecule has 0 saturated heterocycles. The number of rotatable bonds is 4. The van der Waals surface area contributed by atoms with Gasteiger partial charge in [0.25, 0.3) is 0 Å². The molecule has 2 aliphatic carbocycles. The molecule has 1 saturated carbocycles. The second kappa shape index (κ2) is 5.63. The van der Waals surface area contributed by atoms with E-state index >= 15 is 0 Å². The van der Waals surface area contributed by atoms with Crippen LogP contribution in [0.3, 0.4) is 0 Å². The van der Waals surface area contributed by atoms with Crippen molar-refractivity contribution in [3.05, 3.63) is 24.3 Å². The highest BCUT2D eigenvalue weighted by Crippen LogP contribution is 2.59. The summed E-state index contributed by atoms with van der Waals surface area (Å²) in [6, 6.07) is 0. The van der Waals surface area contributed by atoms with Crippen LogP contribution in [0.4, 0.5) is 0 Å². The van der Waals surface area contributed by atoms with Crippen molar-refractivity contribution in [1.29, 1.82) is 0 Å². The fourth-order valence-corrected chi connectivity index (χ4v) is 5.22. The minimum absolute atomic E-state index is 0.0227. The lowest BCUT2D eigenvalue weighted by Gasteiger charge is -2.56. The molecule has 0 spiro atoms. The smallest absolute Gasteiger partial charge is 0.159 e. The summed E-state index contributed by atoms with van der Waals surface area (Å²) in [7, 11) is 0. The summed E-state index contributed by atoms with van der Waals surface area (Å²) in [5.74, 6) is 0.800. The summed E-state index contributed by atoms with van der Waals surface area (Å²) in [5.41, 5.74) is 0.467. The van der Waals surface area contributed by atoms with E-state index in [1.165, 1.54) is 12.0 Å². The first-order valence-corrected chi connectivity index (χ1v) is 8.61. The van der Waals surface area contributed by atoms with Crippen LogP contribution in [0.1, 0.15) is 66.7 Å². The van der Waals surface area contributed by atoms with Crippen molar-refractivity contribution in [2.24, 2.45) is 22.7 Å². The molecule has 124 valence electrons. The lowest BCUT2D eigenvalue weighted by molar-refractivity contribution is -0.136. The number of aliphatic hydroxyl groups is 1. The fourth-order valence-electron chi connectivity index (χ4n) is 5.22. The Hall–Kier alpha value is -0.890. The Bertz CT molecular complexity index is 498. The molecule has 2 nitrogen and oxygen atoms in total. The topological polar surface area (TPSA) is 37.3 Å². The first kappa shape index (κ1) is 17.5. The summed E-state index contributed by atoms with van der Waals surface area (Å²) >= 11 is 0. The lowest BCUT2D eigenvalue weighted by Crippen LogP contribution is -2.52. The second-order valence-corrected chi connectivity index (χ2v) is 8.72. The van der Waals surface area contributed by atoms with Crippen LogP contribution in [0, 0.1) is 22.7 Å². The monoisotopic (exact) mass is 304 g/mol. The van der Waals surface area contributed by atoms with Gasteiger partial charge in [-0.05, 0) is 62.4 Å². The van der Waals surface area contributed by atoms with E-state index in [4.69, 9.17) is 0 Å². The van der Waals surface area contributed by atoms with E-state index in [0.29, 0.717) is 18.1 Å². The van der Waals surface area contributed by atoms with Gasteiger partial charge in [-0.3, -0.25) is 4.79 Å². The molecular formula is C20H32O2. The number of ketones is 1. The van der Waals surface area contributed by atoms with Crippen LogP contribution in [0.5, 0.6) is 0 Å². The molecule has 1 fully saturated rings. The van der Waals surface area contributed by atoms with Crippen molar-refractivity contribution >= 4 is 5.78 Å². The highest BCUT2D eigenvalue weighted by atomic mass is 16.3. The SMILES string of the molecule is C=C[C@@](C)(O)CC[C@H]1C(C)=CC(=O)[C@@H]2C(C)(C)CCC[C@@]21C. The predicted octanol–water partition coefficient (Wildman–Crippen LogP) is 4.68. The summed E-state index contributed by atoms with van der Waals surface area (Å²) in [6.07, 6.45) is 8.55. The van der Waals surface area contributed by atoms with Gasteiger partial charge in [0, 0.05) is 5.92 Å². The number of carbonyl (C=O) groups excluding carboxylic acids is 1. The van der Waals surface area contributed by atoms with Crippen molar-refractivity contribution in [2.75, 3.05) is 0 Å². The van der Waals surface area contributed by atoms with Crippen LogP contribution in [-0.2, 0) is 4.79 Å². The Kier molecular flexibility index (Phi) is 4.47. The van der Waals surface area contributed by atoms with Gasteiger partial charge in [-0.15, -0.1) is 6.58 Å². The minimum atomic E-state index is -0.822. The maximum atomic E-state index is 12.7. The number of allylic oxidation sites excluding steroid dienone is 2. The van der Waals surface area contributed by atoms with Crippen LogP contribution in [0.15, 0.2) is 24.3 Å². The third kappa shape index (κ3) is 2.95. The molecule has 0 aliphatic heterocycles. The Labute approximate surface area is 135 Å². The van der Waals surface area contributed by atoms with Gasteiger partial charge in [0.2, 0.25) is 0 Å². The molecule has 2 heteroatoms. The summed E-state index contributed by atoms with van der Waals surface area (Å²) < 4.78 is 0. The van der Waals surface area contributed by atoms with E-state index in [0.717, 1.165) is 19.3 Å². The van der Waals surface area contributed by atoms with Crippen molar-refractivity contribution in [2.45, 2.75) is 72.3 Å². The van der Waals surface area contributed by atoms with Crippen LogP contribution < -0.4 is 0 Å².